The number of carbonyl (C=O) groups is 1. The molecule has 2 aromatic rings. The molecule has 1 aliphatic rings. The Balaban J connectivity index is 1.93. The number of benzene rings is 2. The molecule has 5 nitrogen and oxygen atoms in total. The van der Waals surface area contributed by atoms with E-state index in [0.29, 0.717) is 12.0 Å². The number of halogens is 1. The molecule has 1 heterocycles. The fourth-order valence-electron chi connectivity index (χ4n) is 2.61. The molecule has 1 aliphatic heterocycles. The first-order chi connectivity index (χ1) is 10.5. The third-order valence-electron chi connectivity index (χ3n) is 3.77. The van der Waals surface area contributed by atoms with E-state index >= 15 is 0 Å². The molecule has 0 saturated heterocycles. The minimum atomic E-state index is -0.566. The summed E-state index contributed by atoms with van der Waals surface area (Å²) in [6.45, 7) is 1.78. The van der Waals surface area contributed by atoms with Crippen LogP contribution in [-0.4, -0.2) is 10.9 Å². The molecule has 112 valence electrons. The fraction of sp³-hybridized carbons (Fsp3) is 0.188. The molecule has 3 rings (SSSR count). The van der Waals surface area contributed by atoms with Gasteiger partial charge in [-0.05, 0) is 36.2 Å². The molecule has 0 bridgehead atoms. The van der Waals surface area contributed by atoms with Gasteiger partial charge in [0, 0.05) is 24.1 Å². The van der Waals surface area contributed by atoms with Gasteiger partial charge in [-0.15, -0.1) is 0 Å². The Morgan fingerprint density at radius 1 is 1.27 bits per heavy atom. The Hall–Kier alpha value is -2.76. The van der Waals surface area contributed by atoms with Crippen molar-refractivity contribution in [1.29, 1.82) is 0 Å². The molecule has 2 aromatic carbocycles. The number of nitro groups is 1. The molecule has 0 amide bonds. The maximum atomic E-state index is 13.1. The van der Waals surface area contributed by atoms with Crippen LogP contribution in [0.15, 0.2) is 36.4 Å². The molecule has 0 fully saturated rings. The summed E-state index contributed by atoms with van der Waals surface area (Å²) in [4.78, 5) is 22.1. The Morgan fingerprint density at radius 2 is 2.05 bits per heavy atom. The van der Waals surface area contributed by atoms with E-state index < -0.39 is 17.0 Å². The van der Waals surface area contributed by atoms with Crippen LogP contribution in [-0.2, 0) is 11.2 Å². The maximum absolute atomic E-state index is 13.1. The number of aryl methyl sites for hydroxylation is 1. The second-order valence-electron chi connectivity index (χ2n) is 5.20. The highest BCUT2D eigenvalue weighted by Crippen LogP contribution is 2.35. The van der Waals surface area contributed by atoms with Crippen LogP contribution in [0.5, 0.6) is 0 Å². The average Bonchev–Trinajstić information content (AvgIpc) is 2.78. The van der Waals surface area contributed by atoms with Gasteiger partial charge in [-0.25, -0.2) is 9.18 Å². The van der Waals surface area contributed by atoms with E-state index in [1.807, 2.05) is 0 Å². The summed E-state index contributed by atoms with van der Waals surface area (Å²) in [5, 5.41) is 10.8. The van der Waals surface area contributed by atoms with Crippen LogP contribution in [0.1, 0.15) is 33.2 Å². The zero-order chi connectivity index (χ0) is 15.9. The molecule has 0 spiro atoms. The van der Waals surface area contributed by atoms with Crippen LogP contribution in [0.4, 0.5) is 10.1 Å². The van der Waals surface area contributed by atoms with Gasteiger partial charge in [0.05, 0.1) is 10.5 Å². The third kappa shape index (κ3) is 2.43. The summed E-state index contributed by atoms with van der Waals surface area (Å²) in [6.07, 6.45) is -0.102. The lowest BCUT2D eigenvalue weighted by Crippen LogP contribution is -2.04. The first-order valence-corrected chi connectivity index (χ1v) is 6.70. The van der Waals surface area contributed by atoms with Gasteiger partial charge in [0.1, 0.15) is 11.9 Å². The van der Waals surface area contributed by atoms with Crippen molar-refractivity contribution < 1.29 is 18.8 Å². The topological polar surface area (TPSA) is 69.4 Å². The number of carbonyl (C=O) groups excluding carboxylic acids is 1. The highest BCUT2D eigenvalue weighted by atomic mass is 19.1. The third-order valence-corrected chi connectivity index (χ3v) is 3.77. The van der Waals surface area contributed by atoms with Crippen molar-refractivity contribution in [3.05, 3.63) is 74.6 Å². The van der Waals surface area contributed by atoms with Crippen LogP contribution in [0.3, 0.4) is 0 Å². The number of hydrogen-bond donors (Lipinski definition) is 0. The summed E-state index contributed by atoms with van der Waals surface area (Å²) in [5.41, 5.74) is 2.34. The van der Waals surface area contributed by atoms with Gasteiger partial charge < -0.3 is 4.74 Å². The summed E-state index contributed by atoms with van der Waals surface area (Å²) < 4.78 is 18.4. The Kier molecular flexibility index (Phi) is 3.36. The highest BCUT2D eigenvalue weighted by Gasteiger charge is 2.32. The molecule has 0 N–H and O–H groups in total. The number of hydrogen-bond acceptors (Lipinski definition) is 4. The molecule has 0 aromatic heterocycles. The van der Waals surface area contributed by atoms with Gasteiger partial charge in [-0.3, -0.25) is 10.1 Å². The van der Waals surface area contributed by atoms with Crippen molar-refractivity contribution >= 4 is 11.7 Å². The van der Waals surface area contributed by atoms with Crippen LogP contribution in [0, 0.1) is 22.9 Å². The molecular formula is C16H12FNO4. The van der Waals surface area contributed by atoms with Gasteiger partial charge in [-0.2, -0.15) is 0 Å². The zero-order valence-corrected chi connectivity index (χ0v) is 11.7. The van der Waals surface area contributed by atoms with E-state index in [1.165, 1.54) is 24.3 Å². The standard InChI is InChI=1S/C16H12FNO4/c1-9-6-11(17)3-2-10(9)7-15-13-5-4-12(18(20)21)8-14(13)16(19)22-15/h2-6,8,15H,7H2,1H3. The van der Waals surface area contributed by atoms with E-state index in [-0.39, 0.29) is 17.1 Å². The highest BCUT2D eigenvalue weighted by molar-refractivity contribution is 5.94. The normalized spacial score (nSPS) is 16.3. The van der Waals surface area contributed by atoms with E-state index in [1.54, 1.807) is 19.1 Å². The van der Waals surface area contributed by atoms with Crippen molar-refractivity contribution in [3.63, 3.8) is 0 Å². The van der Waals surface area contributed by atoms with Crippen LogP contribution in [0.25, 0.3) is 0 Å². The average molecular weight is 301 g/mol. The van der Waals surface area contributed by atoms with Gasteiger partial charge in [0.2, 0.25) is 0 Å². The number of rotatable bonds is 3. The quantitative estimate of drug-likeness (QED) is 0.494. The fourth-order valence-corrected chi connectivity index (χ4v) is 2.61. The van der Waals surface area contributed by atoms with Gasteiger partial charge >= 0.3 is 5.97 Å². The van der Waals surface area contributed by atoms with Crippen molar-refractivity contribution in [3.8, 4) is 0 Å². The summed E-state index contributed by atoms with van der Waals surface area (Å²) >= 11 is 0. The molecule has 1 atom stereocenters. The number of nitrogens with zero attached hydrogens (tertiary/aromatic N) is 1. The molecule has 1 unspecified atom stereocenters. The van der Waals surface area contributed by atoms with E-state index in [2.05, 4.69) is 0 Å². The molecule has 22 heavy (non-hydrogen) atoms. The van der Waals surface area contributed by atoms with E-state index in [4.69, 9.17) is 4.74 Å². The van der Waals surface area contributed by atoms with Crippen molar-refractivity contribution in [1.82, 2.24) is 0 Å². The predicted octanol–water partition coefficient (Wildman–Crippen LogP) is 3.50. The SMILES string of the molecule is Cc1cc(F)ccc1CC1OC(=O)c2cc([N+](=O)[O-])ccc21. The maximum Gasteiger partial charge on any atom is 0.339 e. The molecule has 0 radical (unpaired) electrons. The zero-order valence-electron chi connectivity index (χ0n) is 11.7. The van der Waals surface area contributed by atoms with E-state index in [0.717, 1.165) is 11.1 Å². The van der Waals surface area contributed by atoms with Crippen LogP contribution < -0.4 is 0 Å². The molecular weight excluding hydrogens is 289 g/mol. The van der Waals surface area contributed by atoms with Crippen LogP contribution >= 0.6 is 0 Å². The van der Waals surface area contributed by atoms with Crippen molar-refractivity contribution in [2.24, 2.45) is 0 Å². The lowest BCUT2D eigenvalue weighted by atomic mass is 9.96. The number of esters is 1. The predicted molar refractivity (Wildman–Crippen MR) is 76.1 cm³/mol. The largest absolute Gasteiger partial charge is 0.453 e. The number of nitro benzene ring substituents is 1. The molecule has 0 aliphatic carbocycles. The monoisotopic (exact) mass is 301 g/mol. The van der Waals surface area contributed by atoms with Crippen molar-refractivity contribution in [2.75, 3.05) is 0 Å². The second kappa shape index (κ2) is 5.22. The van der Waals surface area contributed by atoms with Gasteiger partial charge in [-0.1, -0.05) is 6.07 Å². The number of fused-ring (bicyclic) bond motifs is 1. The van der Waals surface area contributed by atoms with Gasteiger partial charge in [0.25, 0.3) is 5.69 Å². The summed E-state index contributed by atoms with van der Waals surface area (Å²) in [7, 11) is 0. The lowest BCUT2D eigenvalue weighted by Gasteiger charge is -2.12. The second-order valence-corrected chi connectivity index (χ2v) is 5.20. The molecule has 6 heteroatoms. The van der Waals surface area contributed by atoms with Crippen molar-refractivity contribution in [2.45, 2.75) is 19.4 Å². The first kappa shape index (κ1) is 14.2. The smallest absolute Gasteiger partial charge is 0.339 e. The van der Waals surface area contributed by atoms with E-state index in [9.17, 15) is 19.3 Å². The first-order valence-electron chi connectivity index (χ1n) is 6.70. The summed E-state index contributed by atoms with van der Waals surface area (Å²) in [6, 6.07) is 8.56. The summed E-state index contributed by atoms with van der Waals surface area (Å²) in [5.74, 6) is -0.885. The van der Waals surface area contributed by atoms with Crippen LogP contribution in [0.2, 0.25) is 0 Å². The number of non-ortho nitro benzene ring substituents is 1. The van der Waals surface area contributed by atoms with Gasteiger partial charge in [0.15, 0.2) is 0 Å². The minimum Gasteiger partial charge on any atom is -0.453 e. The Labute approximate surface area is 125 Å². The minimum absolute atomic E-state index is 0.144. The number of ether oxygens (including phenoxy) is 1. The number of cyclic esters (lactones) is 1. The lowest BCUT2D eigenvalue weighted by molar-refractivity contribution is -0.384. The Morgan fingerprint density at radius 3 is 2.73 bits per heavy atom. The molecule has 0 saturated carbocycles. The Bertz CT molecular complexity index is 788.